The van der Waals surface area contributed by atoms with Gasteiger partial charge in [0.15, 0.2) is 0 Å². The van der Waals surface area contributed by atoms with Crippen molar-refractivity contribution < 1.29 is 4.79 Å². The molecule has 1 amide bonds. The molecule has 1 aliphatic rings. The van der Waals surface area contributed by atoms with E-state index < -0.39 is 11.2 Å². The van der Waals surface area contributed by atoms with Gasteiger partial charge in [-0.2, -0.15) is 0 Å². The molecule has 1 N–H and O–H groups in total. The number of H-pyrrole nitrogens is 1. The Morgan fingerprint density at radius 1 is 1.00 bits per heavy atom. The largest absolute Gasteiger partial charge is 0.336 e. The number of aromatic nitrogens is 3. The van der Waals surface area contributed by atoms with Crippen molar-refractivity contribution in [2.75, 3.05) is 26.2 Å². The number of amides is 1. The number of pyridine rings is 1. The van der Waals surface area contributed by atoms with Crippen molar-refractivity contribution in [3.63, 3.8) is 0 Å². The first kappa shape index (κ1) is 21.0. The standard InChI is InChI=1S/C22H22ClN5O3/c23-19-4-2-1-3-17(19)15-28-21(30)18(13-25-22(28)31)20(29)27-11-9-26(10-12-27)14-16-5-7-24-8-6-16/h1-8,13H,9-12,14-15H2,(H,25,31). The topological polar surface area (TPSA) is 91.3 Å². The molecule has 1 saturated heterocycles. The van der Waals surface area contributed by atoms with Crippen molar-refractivity contribution in [1.29, 1.82) is 0 Å². The van der Waals surface area contributed by atoms with E-state index in [1.807, 2.05) is 12.1 Å². The Kier molecular flexibility index (Phi) is 6.29. The Bertz CT molecular complexity index is 1180. The molecule has 1 fully saturated rings. The van der Waals surface area contributed by atoms with Crippen LogP contribution in [0.4, 0.5) is 0 Å². The highest BCUT2D eigenvalue weighted by atomic mass is 35.5. The summed E-state index contributed by atoms with van der Waals surface area (Å²) < 4.78 is 1.01. The highest BCUT2D eigenvalue weighted by Gasteiger charge is 2.25. The van der Waals surface area contributed by atoms with E-state index in [1.165, 1.54) is 6.20 Å². The number of carbonyl (C=O) groups excluding carboxylic acids is 1. The maximum atomic E-state index is 13.0. The summed E-state index contributed by atoms with van der Waals surface area (Å²) in [4.78, 5) is 48.6. The predicted octanol–water partition coefficient (Wildman–Crippen LogP) is 1.59. The zero-order valence-corrected chi connectivity index (χ0v) is 17.6. The van der Waals surface area contributed by atoms with Crippen LogP contribution in [0, 0.1) is 0 Å². The van der Waals surface area contributed by atoms with Gasteiger partial charge in [0, 0.05) is 56.3 Å². The van der Waals surface area contributed by atoms with Crippen LogP contribution in [0.1, 0.15) is 21.5 Å². The normalized spacial score (nSPS) is 14.5. The summed E-state index contributed by atoms with van der Waals surface area (Å²) in [7, 11) is 0. The average Bonchev–Trinajstić information content (AvgIpc) is 2.79. The molecule has 8 nitrogen and oxygen atoms in total. The molecule has 0 unspecified atom stereocenters. The summed E-state index contributed by atoms with van der Waals surface area (Å²) in [6.07, 6.45) is 4.73. The van der Waals surface area contributed by atoms with Crippen LogP contribution >= 0.6 is 11.6 Å². The highest BCUT2D eigenvalue weighted by molar-refractivity contribution is 6.31. The molecular weight excluding hydrogens is 418 g/mol. The number of rotatable bonds is 5. The van der Waals surface area contributed by atoms with Gasteiger partial charge in [-0.15, -0.1) is 0 Å². The monoisotopic (exact) mass is 439 g/mol. The van der Waals surface area contributed by atoms with Crippen molar-refractivity contribution in [3.8, 4) is 0 Å². The van der Waals surface area contributed by atoms with Crippen LogP contribution < -0.4 is 11.2 Å². The number of carbonyl (C=O) groups is 1. The van der Waals surface area contributed by atoms with E-state index in [2.05, 4.69) is 14.9 Å². The highest BCUT2D eigenvalue weighted by Crippen LogP contribution is 2.15. The molecule has 9 heteroatoms. The molecule has 1 aliphatic heterocycles. The Balaban J connectivity index is 1.47. The number of hydrogen-bond acceptors (Lipinski definition) is 5. The molecule has 2 aromatic heterocycles. The van der Waals surface area contributed by atoms with Gasteiger partial charge in [-0.3, -0.25) is 24.0 Å². The van der Waals surface area contributed by atoms with Crippen LogP contribution in [0.25, 0.3) is 0 Å². The van der Waals surface area contributed by atoms with Crippen molar-refractivity contribution >= 4 is 17.5 Å². The van der Waals surface area contributed by atoms with Gasteiger partial charge >= 0.3 is 5.69 Å². The first-order valence-electron chi connectivity index (χ1n) is 9.99. The summed E-state index contributed by atoms with van der Waals surface area (Å²) >= 11 is 6.16. The smallest absolute Gasteiger partial charge is 0.328 e. The zero-order valence-electron chi connectivity index (χ0n) is 16.8. The fourth-order valence-electron chi connectivity index (χ4n) is 3.63. The van der Waals surface area contributed by atoms with Crippen LogP contribution in [-0.4, -0.2) is 56.4 Å². The van der Waals surface area contributed by atoms with Gasteiger partial charge in [0.1, 0.15) is 5.56 Å². The molecule has 0 bridgehead atoms. The summed E-state index contributed by atoms with van der Waals surface area (Å²) in [5, 5.41) is 0.454. The maximum absolute atomic E-state index is 13.0. The SMILES string of the molecule is O=C(c1c[nH]c(=O)n(Cc2ccccc2Cl)c1=O)N1CCN(Cc2ccncc2)CC1. The lowest BCUT2D eigenvalue weighted by Gasteiger charge is -2.34. The second-order valence-corrected chi connectivity index (χ2v) is 7.82. The Morgan fingerprint density at radius 3 is 2.42 bits per heavy atom. The summed E-state index contributed by atoms with van der Waals surface area (Å²) in [5.74, 6) is -0.377. The predicted molar refractivity (Wildman–Crippen MR) is 117 cm³/mol. The molecule has 1 aromatic carbocycles. The number of nitrogens with one attached hydrogen (secondary N) is 1. The van der Waals surface area contributed by atoms with E-state index in [9.17, 15) is 14.4 Å². The van der Waals surface area contributed by atoms with Crippen molar-refractivity contribution in [1.82, 2.24) is 24.3 Å². The minimum Gasteiger partial charge on any atom is -0.336 e. The number of hydrogen-bond donors (Lipinski definition) is 1. The average molecular weight is 440 g/mol. The van der Waals surface area contributed by atoms with Gasteiger partial charge in [0.25, 0.3) is 11.5 Å². The number of piperazine rings is 1. The third kappa shape index (κ3) is 4.76. The summed E-state index contributed by atoms with van der Waals surface area (Å²) in [5.41, 5.74) is 0.551. The number of nitrogens with zero attached hydrogens (tertiary/aromatic N) is 4. The van der Waals surface area contributed by atoms with Crippen molar-refractivity contribution in [3.05, 3.63) is 97.5 Å². The first-order chi connectivity index (χ1) is 15.0. The zero-order chi connectivity index (χ0) is 21.8. The van der Waals surface area contributed by atoms with E-state index in [0.717, 1.165) is 16.7 Å². The third-order valence-electron chi connectivity index (χ3n) is 5.39. The lowest BCUT2D eigenvalue weighted by Crippen LogP contribution is -2.50. The van der Waals surface area contributed by atoms with Gasteiger partial charge in [-0.05, 0) is 29.3 Å². The fraction of sp³-hybridized carbons (Fsp3) is 0.273. The van der Waals surface area contributed by atoms with E-state index in [4.69, 9.17) is 11.6 Å². The van der Waals surface area contributed by atoms with Crippen molar-refractivity contribution in [2.45, 2.75) is 13.1 Å². The van der Waals surface area contributed by atoms with Crippen molar-refractivity contribution in [2.24, 2.45) is 0 Å². The first-order valence-corrected chi connectivity index (χ1v) is 10.4. The van der Waals surface area contributed by atoms with E-state index in [1.54, 1.807) is 41.6 Å². The van der Waals surface area contributed by atoms with Gasteiger partial charge in [0.05, 0.1) is 6.54 Å². The Morgan fingerprint density at radius 2 is 1.71 bits per heavy atom. The molecule has 3 heterocycles. The molecular formula is C22H22ClN5O3. The molecule has 0 aliphatic carbocycles. The number of aromatic amines is 1. The minimum atomic E-state index is -0.618. The second-order valence-electron chi connectivity index (χ2n) is 7.41. The lowest BCUT2D eigenvalue weighted by atomic mass is 10.2. The van der Waals surface area contributed by atoms with Crippen LogP contribution in [0.15, 0.2) is 64.6 Å². The van der Waals surface area contributed by atoms with E-state index in [0.29, 0.717) is 36.8 Å². The number of benzene rings is 1. The molecule has 0 radical (unpaired) electrons. The quantitative estimate of drug-likeness (QED) is 0.652. The summed E-state index contributed by atoms with van der Waals surface area (Å²) in [6, 6.07) is 10.9. The molecule has 0 spiro atoms. The van der Waals surface area contributed by atoms with Crippen LogP contribution in [0.3, 0.4) is 0 Å². The Hall–Kier alpha value is -3.23. The van der Waals surface area contributed by atoms with Crippen LogP contribution in [0.5, 0.6) is 0 Å². The van der Waals surface area contributed by atoms with Gasteiger partial charge in [-0.1, -0.05) is 29.8 Å². The van der Waals surface area contributed by atoms with E-state index in [-0.39, 0.29) is 18.0 Å². The molecule has 160 valence electrons. The van der Waals surface area contributed by atoms with E-state index >= 15 is 0 Å². The maximum Gasteiger partial charge on any atom is 0.328 e. The molecule has 31 heavy (non-hydrogen) atoms. The summed E-state index contributed by atoms with van der Waals surface area (Å²) in [6.45, 7) is 3.19. The molecule has 0 saturated carbocycles. The fourth-order valence-corrected chi connectivity index (χ4v) is 3.83. The lowest BCUT2D eigenvalue weighted by molar-refractivity contribution is 0.0625. The number of halogens is 1. The third-order valence-corrected chi connectivity index (χ3v) is 5.76. The van der Waals surface area contributed by atoms with Gasteiger partial charge < -0.3 is 9.88 Å². The second kappa shape index (κ2) is 9.28. The molecule has 3 aromatic rings. The van der Waals surface area contributed by atoms with Gasteiger partial charge in [-0.25, -0.2) is 4.79 Å². The Labute approximate surface area is 183 Å². The van der Waals surface area contributed by atoms with Gasteiger partial charge in [0.2, 0.25) is 0 Å². The minimum absolute atomic E-state index is 0.00529. The molecule has 0 atom stereocenters. The molecule has 4 rings (SSSR count). The van der Waals surface area contributed by atoms with Crippen LogP contribution in [-0.2, 0) is 13.1 Å². The van der Waals surface area contributed by atoms with Crippen LogP contribution in [0.2, 0.25) is 5.02 Å².